The van der Waals surface area contributed by atoms with Crippen molar-refractivity contribution in [2.24, 2.45) is 0 Å². The van der Waals surface area contributed by atoms with E-state index in [0.29, 0.717) is 37.2 Å². The van der Waals surface area contributed by atoms with Crippen molar-refractivity contribution in [2.75, 3.05) is 36.6 Å². The number of anilines is 2. The third kappa shape index (κ3) is 6.03. The number of hydrogen-bond donors (Lipinski definition) is 1. The lowest BCUT2D eigenvalue weighted by Crippen LogP contribution is -2.54. The number of alkyl halides is 3. The predicted octanol–water partition coefficient (Wildman–Crippen LogP) is 4.97. The van der Waals surface area contributed by atoms with Gasteiger partial charge in [-0.1, -0.05) is 30.3 Å². The molecule has 1 N–H and O–H groups in total. The number of piperidine rings is 1. The van der Waals surface area contributed by atoms with E-state index in [0.717, 1.165) is 11.6 Å². The number of aliphatic hydroxyl groups is 1. The highest BCUT2D eigenvalue weighted by Crippen LogP contribution is 2.37. The fourth-order valence-corrected chi connectivity index (χ4v) is 5.80. The number of benzene rings is 2. The molecule has 1 atom stereocenters. The van der Waals surface area contributed by atoms with Crippen LogP contribution in [0.1, 0.15) is 35.1 Å². The van der Waals surface area contributed by atoms with E-state index in [-0.39, 0.29) is 49.5 Å². The van der Waals surface area contributed by atoms with Gasteiger partial charge in [-0.15, -0.1) is 0 Å². The van der Waals surface area contributed by atoms with Crippen molar-refractivity contribution in [3.8, 4) is 0 Å². The molecule has 2 aliphatic rings. The Hall–Kier alpha value is -3.64. The van der Waals surface area contributed by atoms with Crippen molar-refractivity contribution in [1.29, 1.82) is 0 Å². The quantitative estimate of drug-likeness (QED) is 0.384. The monoisotopic (exact) mass is 575 g/mol. The molecule has 2 amide bonds. The number of carbonyl (C=O) groups is 1. The molecule has 0 saturated carbocycles. The second-order valence-corrected chi connectivity index (χ2v) is 10.6. The van der Waals surface area contributed by atoms with Gasteiger partial charge in [0.05, 0.1) is 43.6 Å². The van der Waals surface area contributed by atoms with Crippen LogP contribution in [0.2, 0.25) is 0 Å². The lowest BCUT2D eigenvalue weighted by atomic mass is 10.00. The summed E-state index contributed by atoms with van der Waals surface area (Å²) < 4.78 is 62.5. The molecule has 2 aromatic carbocycles. The molecule has 8 nitrogen and oxygen atoms in total. The maximum absolute atomic E-state index is 14.6. The van der Waals surface area contributed by atoms with Gasteiger partial charge in [-0.05, 0) is 43.0 Å². The van der Waals surface area contributed by atoms with E-state index in [1.165, 1.54) is 41.0 Å². The van der Waals surface area contributed by atoms with Crippen molar-refractivity contribution in [1.82, 2.24) is 14.7 Å². The minimum Gasteiger partial charge on any atom is -0.389 e. The smallest absolute Gasteiger partial charge is 0.389 e. The fourth-order valence-electron chi connectivity index (χ4n) is 5.80. The molecule has 2 aliphatic heterocycles. The van der Waals surface area contributed by atoms with Gasteiger partial charge in [0.15, 0.2) is 5.82 Å². The molecule has 0 radical (unpaired) electrons. The molecule has 1 fully saturated rings. The lowest BCUT2D eigenvalue weighted by molar-refractivity contribution is -0.138. The first kappa shape index (κ1) is 28.9. The summed E-state index contributed by atoms with van der Waals surface area (Å²) in [5, 5.41) is 14.7. The molecule has 3 aromatic rings. The summed E-state index contributed by atoms with van der Waals surface area (Å²) in [5.41, 5.74) is 1.21. The average Bonchev–Trinajstić information content (AvgIpc) is 3.32. The molecule has 12 heteroatoms. The first-order chi connectivity index (χ1) is 19.6. The largest absolute Gasteiger partial charge is 0.416 e. The molecule has 3 heterocycles. The van der Waals surface area contributed by atoms with Crippen LogP contribution in [0, 0.1) is 12.7 Å². The average molecular weight is 576 g/mol. The Morgan fingerprint density at radius 2 is 1.85 bits per heavy atom. The number of para-hydroxylation sites is 1. The van der Waals surface area contributed by atoms with E-state index in [1.54, 1.807) is 17.2 Å². The van der Waals surface area contributed by atoms with Gasteiger partial charge in [-0.2, -0.15) is 18.3 Å². The highest BCUT2D eigenvalue weighted by atomic mass is 19.4. The Bertz CT molecular complexity index is 1370. The minimum absolute atomic E-state index is 0.0417. The summed E-state index contributed by atoms with van der Waals surface area (Å²) in [6.45, 7) is 3.02. The van der Waals surface area contributed by atoms with E-state index in [1.807, 2.05) is 17.9 Å². The Morgan fingerprint density at radius 1 is 1.12 bits per heavy atom. The van der Waals surface area contributed by atoms with Crippen LogP contribution in [0.3, 0.4) is 0 Å². The standard InChI is InChI=1S/C29H33F4N5O3/c1-19-6-5-9-25(30)26(19)35-12-10-22(11-13-35)37-16-21-14-36(17-23(39)18-41-2)34-27(21)38(28(37)40)15-20-7-3-4-8-24(20)29(31,32)33/h3-9,14,22-23,39H,10-13,15-18H2,1-2H3. The van der Waals surface area contributed by atoms with Crippen LogP contribution < -0.4 is 9.80 Å². The molecule has 0 aliphatic carbocycles. The van der Waals surface area contributed by atoms with Crippen LogP contribution in [-0.4, -0.2) is 64.8 Å². The maximum Gasteiger partial charge on any atom is 0.416 e. The van der Waals surface area contributed by atoms with Crippen molar-refractivity contribution < 1.29 is 32.2 Å². The summed E-state index contributed by atoms with van der Waals surface area (Å²) >= 11 is 0. The number of hydrogen-bond acceptors (Lipinski definition) is 5. The molecule has 1 saturated heterocycles. The summed E-state index contributed by atoms with van der Waals surface area (Å²) in [7, 11) is 1.46. The fraction of sp³-hybridized carbons (Fsp3) is 0.448. The number of halogens is 4. The van der Waals surface area contributed by atoms with Crippen LogP contribution >= 0.6 is 0 Å². The minimum atomic E-state index is -4.58. The number of amides is 2. The molecule has 0 spiro atoms. The number of urea groups is 1. The molecule has 1 unspecified atom stereocenters. The summed E-state index contributed by atoms with van der Waals surface area (Å²) in [6.07, 6.45) is -2.57. The van der Waals surface area contributed by atoms with Gasteiger partial charge in [0.2, 0.25) is 0 Å². The molecule has 0 bridgehead atoms. The summed E-state index contributed by atoms with van der Waals surface area (Å²) in [6, 6.07) is 9.53. The van der Waals surface area contributed by atoms with Crippen molar-refractivity contribution in [2.45, 2.75) is 57.7 Å². The Morgan fingerprint density at radius 3 is 2.54 bits per heavy atom. The SMILES string of the molecule is COCC(O)Cn1cc2c(n1)N(Cc1ccccc1C(F)(F)F)C(=O)N(C1CCN(c3c(C)cccc3F)CC1)C2. The summed E-state index contributed by atoms with van der Waals surface area (Å²) in [4.78, 5) is 18.9. The van der Waals surface area contributed by atoms with E-state index in [4.69, 9.17) is 4.74 Å². The van der Waals surface area contributed by atoms with E-state index in [9.17, 15) is 27.5 Å². The van der Waals surface area contributed by atoms with E-state index < -0.39 is 23.9 Å². The number of fused-ring (bicyclic) bond motifs is 1. The Kier molecular flexibility index (Phi) is 8.23. The molecular formula is C29H33F4N5O3. The second kappa shape index (κ2) is 11.7. The van der Waals surface area contributed by atoms with Crippen LogP contribution in [0.4, 0.5) is 33.9 Å². The maximum atomic E-state index is 14.6. The number of rotatable bonds is 8. The lowest BCUT2D eigenvalue weighted by Gasteiger charge is -2.43. The number of nitrogens with zero attached hydrogens (tertiary/aromatic N) is 5. The first-order valence-electron chi connectivity index (χ1n) is 13.5. The molecule has 5 rings (SSSR count). The number of carbonyl (C=O) groups excluding carboxylic acids is 1. The zero-order valence-electron chi connectivity index (χ0n) is 22.9. The number of ether oxygens (including phenoxy) is 1. The van der Waals surface area contributed by atoms with E-state index >= 15 is 0 Å². The molecule has 220 valence electrons. The highest BCUT2D eigenvalue weighted by Gasteiger charge is 2.40. The molecule has 41 heavy (non-hydrogen) atoms. The van der Waals surface area contributed by atoms with Crippen molar-refractivity contribution in [3.05, 3.63) is 76.7 Å². The first-order valence-corrected chi connectivity index (χ1v) is 13.5. The van der Waals surface area contributed by atoms with Crippen molar-refractivity contribution >= 4 is 17.5 Å². The zero-order chi connectivity index (χ0) is 29.3. The number of aliphatic hydroxyl groups excluding tert-OH is 1. The number of aryl methyl sites for hydroxylation is 1. The number of methoxy groups -OCH3 is 1. The van der Waals surface area contributed by atoms with Gasteiger partial charge in [0.25, 0.3) is 0 Å². The van der Waals surface area contributed by atoms with Crippen LogP contribution in [0.25, 0.3) is 0 Å². The van der Waals surface area contributed by atoms with Gasteiger partial charge in [0, 0.05) is 38.0 Å². The zero-order valence-corrected chi connectivity index (χ0v) is 22.9. The number of aromatic nitrogens is 2. The van der Waals surface area contributed by atoms with E-state index in [2.05, 4.69) is 5.10 Å². The Labute approximate surface area is 235 Å². The van der Waals surface area contributed by atoms with Crippen molar-refractivity contribution in [3.63, 3.8) is 0 Å². The third-order valence-corrected chi connectivity index (χ3v) is 7.71. The van der Waals surface area contributed by atoms with Crippen LogP contribution in [0.15, 0.2) is 48.7 Å². The van der Waals surface area contributed by atoms with Gasteiger partial charge in [-0.25, -0.2) is 9.18 Å². The molecule has 1 aromatic heterocycles. The Balaban J connectivity index is 1.42. The van der Waals surface area contributed by atoms with Gasteiger partial charge in [-0.3, -0.25) is 9.58 Å². The van der Waals surface area contributed by atoms with Crippen LogP contribution in [0.5, 0.6) is 0 Å². The predicted molar refractivity (Wildman–Crippen MR) is 145 cm³/mol. The van der Waals surface area contributed by atoms with Crippen LogP contribution in [-0.2, 0) is 30.5 Å². The second-order valence-electron chi connectivity index (χ2n) is 10.6. The molecular weight excluding hydrogens is 542 g/mol. The van der Waals surface area contributed by atoms with Gasteiger partial charge >= 0.3 is 12.2 Å². The summed E-state index contributed by atoms with van der Waals surface area (Å²) in [5.74, 6) is -0.0213. The third-order valence-electron chi connectivity index (χ3n) is 7.71. The normalized spacial score (nSPS) is 17.2. The van der Waals surface area contributed by atoms with Gasteiger partial charge in [0.1, 0.15) is 5.82 Å². The topological polar surface area (TPSA) is 74.1 Å². The highest BCUT2D eigenvalue weighted by molar-refractivity contribution is 5.94. The van der Waals surface area contributed by atoms with Gasteiger partial charge < -0.3 is 19.6 Å².